The van der Waals surface area contributed by atoms with E-state index in [2.05, 4.69) is 15.3 Å². The SMILES string of the molecule is CC(C)N1C(=O)C[C@@H](Nc2nccc(C(F)(F)F)n2)C1=O. The number of rotatable bonds is 3. The van der Waals surface area contributed by atoms with Crippen molar-refractivity contribution in [2.75, 3.05) is 5.32 Å². The number of hydrogen-bond acceptors (Lipinski definition) is 5. The van der Waals surface area contributed by atoms with Crippen LogP contribution in [0.1, 0.15) is 26.0 Å². The maximum Gasteiger partial charge on any atom is 0.433 e. The van der Waals surface area contributed by atoms with Gasteiger partial charge in [-0.1, -0.05) is 0 Å². The zero-order valence-corrected chi connectivity index (χ0v) is 11.3. The van der Waals surface area contributed by atoms with Gasteiger partial charge in [-0.05, 0) is 19.9 Å². The molecule has 1 aromatic rings. The quantitative estimate of drug-likeness (QED) is 0.855. The van der Waals surface area contributed by atoms with Crippen LogP contribution in [0.25, 0.3) is 0 Å². The van der Waals surface area contributed by atoms with Crippen molar-refractivity contribution in [3.05, 3.63) is 18.0 Å². The Morgan fingerprint density at radius 3 is 2.57 bits per heavy atom. The van der Waals surface area contributed by atoms with Gasteiger partial charge >= 0.3 is 6.18 Å². The molecular formula is C12H13F3N4O2. The van der Waals surface area contributed by atoms with Crippen molar-refractivity contribution in [2.24, 2.45) is 0 Å². The standard InChI is InChI=1S/C12H13F3N4O2/c1-6(2)19-9(20)5-7(10(19)21)17-11-16-4-3-8(18-11)12(13,14)15/h3-4,6-7H,5H2,1-2H3,(H,16,17,18)/t7-/m1/s1. The molecule has 0 unspecified atom stereocenters. The van der Waals surface area contributed by atoms with E-state index in [-0.39, 0.29) is 24.3 Å². The third kappa shape index (κ3) is 3.11. The molecule has 1 aliphatic heterocycles. The summed E-state index contributed by atoms with van der Waals surface area (Å²) < 4.78 is 37.6. The van der Waals surface area contributed by atoms with E-state index in [0.717, 1.165) is 17.2 Å². The molecule has 0 bridgehead atoms. The van der Waals surface area contributed by atoms with E-state index in [4.69, 9.17) is 0 Å². The van der Waals surface area contributed by atoms with Crippen LogP contribution in [0.4, 0.5) is 19.1 Å². The van der Waals surface area contributed by atoms with Crippen molar-refractivity contribution >= 4 is 17.8 Å². The molecule has 2 heterocycles. The molecular weight excluding hydrogens is 289 g/mol. The fourth-order valence-electron chi connectivity index (χ4n) is 2.05. The Labute approximate surface area is 118 Å². The Morgan fingerprint density at radius 2 is 2.05 bits per heavy atom. The van der Waals surface area contributed by atoms with Crippen LogP contribution in [0, 0.1) is 0 Å². The number of hydrogen-bond donors (Lipinski definition) is 1. The van der Waals surface area contributed by atoms with E-state index < -0.39 is 23.8 Å². The number of alkyl halides is 3. The van der Waals surface area contributed by atoms with Crippen molar-refractivity contribution in [2.45, 2.75) is 38.5 Å². The highest BCUT2D eigenvalue weighted by atomic mass is 19.4. The first-order valence-corrected chi connectivity index (χ1v) is 6.23. The van der Waals surface area contributed by atoms with E-state index in [1.54, 1.807) is 13.8 Å². The molecule has 0 aliphatic carbocycles. The predicted octanol–water partition coefficient (Wildman–Crippen LogP) is 1.44. The largest absolute Gasteiger partial charge is 0.433 e. The smallest absolute Gasteiger partial charge is 0.342 e. The normalized spacial score (nSPS) is 19.5. The molecule has 1 aromatic heterocycles. The Balaban J connectivity index is 2.16. The number of imide groups is 1. The zero-order chi connectivity index (χ0) is 15.8. The molecule has 0 radical (unpaired) electrons. The number of amides is 2. The van der Waals surface area contributed by atoms with Gasteiger partial charge in [-0.2, -0.15) is 13.2 Å². The summed E-state index contributed by atoms with van der Waals surface area (Å²) in [6.45, 7) is 3.36. The number of carbonyl (C=O) groups excluding carboxylic acids is 2. The molecule has 21 heavy (non-hydrogen) atoms. The number of carbonyl (C=O) groups is 2. The lowest BCUT2D eigenvalue weighted by atomic mass is 10.2. The molecule has 1 saturated heterocycles. The summed E-state index contributed by atoms with van der Waals surface area (Å²) in [5.41, 5.74) is -1.11. The minimum atomic E-state index is -4.60. The third-order valence-electron chi connectivity index (χ3n) is 2.95. The first kappa shape index (κ1) is 15.2. The van der Waals surface area contributed by atoms with Crippen molar-refractivity contribution in [1.82, 2.24) is 14.9 Å². The van der Waals surface area contributed by atoms with Crippen molar-refractivity contribution in [3.63, 3.8) is 0 Å². The summed E-state index contributed by atoms with van der Waals surface area (Å²) in [4.78, 5) is 31.7. The summed E-state index contributed by atoms with van der Waals surface area (Å²) in [5, 5.41) is 2.48. The maximum absolute atomic E-state index is 12.5. The Bertz CT molecular complexity index is 574. The molecule has 0 saturated carbocycles. The molecule has 1 atom stereocenters. The van der Waals surface area contributed by atoms with Gasteiger partial charge in [0.2, 0.25) is 11.9 Å². The Kier molecular flexibility index (Phi) is 3.84. The van der Waals surface area contributed by atoms with Gasteiger partial charge in [-0.15, -0.1) is 0 Å². The lowest BCUT2D eigenvalue weighted by molar-refractivity contribution is -0.141. The zero-order valence-electron chi connectivity index (χ0n) is 11.3. The van der Waals surface area contributed by atoms with Gasteiger partial charge in [0.25, 0.3) is 5.91 Å². The first-order chi connectivity index (χ1) is 9.70. The minimum absolute atomic E-state index is 0.128. The molecule has 6 nitrogen and oxygen atoms in total. The van der Waals surface area contributed by atoms with Crippen molar-refractivity contribution in [1.29, 1.82) is 0 Å². The van der Waals surface area contributed by atoms with E-state index >= 15 is 0 Å². The summed E-state index contributed by atoms with van der Waals surface area (Å²) in [6, 6.07) is -0.518. The Hall–Kier alpha value is -2.19. The summed E-state index contributed by atoms with van der Waals surface area (Å²) >= 11 is 0. The lowest BCUT2D eigenvalue weighted by Gasteiger charge is -2.19. The fourth-order valence-corrected chi connectivity index (χ4v) is 2.05. The van der Waals surface area contributed by atoms with Gasteiger partial charge in [0.15, 0.2) is 0 Å². The van der Waals surface area contributed by atoms with Gasteiger partial charge in [-0.3, -0.25) is 14.5 Å². The molecule has 0 spiro atoms. The number of aromatic nitrogens is 2. The molecule has 1 aliphatic rings. The first-order valence-electron chi connectivity index (χ1n) is 6.23. The van der Waals surface area contributed by atoms with Crippen LogP contribution in [0.2, 0.25) is 0 Å². The fraction of sp³-hybridized carbons (Fsp3) is 0.500. The minimum Gasteiger partial charge on any atom is -0.342 e. The van der Waals surface area contributed by atoms with Crippen molar-refractivity contribution in [3.8, 4) is 0 Å². The molecule has 0 aromatic carbocycles. The van der Waals surface area contributed by atoms with E-state index in [1.807, 2.05) is 0 Å². The van der Waals surface area contributed by atoms with Crippen LogP contribution in [0.3, 0.4) is 0 Å². The third-order valence-corrected chi connectivity index (χ3v) is 2.95. The summed E-state index contributed by atoms with van der Waals surface area (Å²) in [5.74, 6) is -1.20. The molecule has 114 valence electrons. The average Bonchev–Trinajstić information content (AvgIpc) is 2.63. The van der Waals surface area contributed by atoms with Gasteiger partial charge < -0.3 is 5.32 Å². The molecule has 2 rings (SSSR count). The number of nitrogens with zero attached hydrogens (tertiary/aromatic N) is 3. The number of nitrogens with one attached hydrogen (secondary N) is 1. The monoisotopic (exact) mass is 302 g/mol. The number of likely N-dealkylation sites (tertiary alicyclic amines) is 1. The van der Waals surface area contributed by atoms with Crippen LogP contribution < -0.4 is 5.32 Å². The second kappa shape index (κ2) is 5.30. The van der Waals surface area contributed by atoms with E-state index in [1.165, 1.54) is 0 Å². The van der Waals surface area contributed by atoms with E-state index in [9.17, 15) is 22.8 Å². The molecule has 9 heteroatoms. The average molecular weight is 302 g/mol. The van der Waals surface area contributed by atoms with Gasteiger partial charge in [0, 0.05) is 12.2 Å². The highest BCUT2D eigenvalue weighted by Gasteiger charge is 2.40. The summed E-state index contributed by atoms with van der Waals surface area (Å²) in [6.07, 6.45) is -3.78. The number of halogens is 3. The van der Waals surface area contributed by atoms with Gasteiger partial charge in [0.1, 0.15) is 11.7 Å². The Morgan fingerprint density at radius 1 is 1.38 bits per heavy atom. The highest BCUT2D eigenvalue weighted by Crippen LogP contribution is 2.28. The molecule has 1 fully saturated rings. The highest BCUT2D eigenvalue weighted by molar-refractivity contribution is 6.06. The summed E-state index contributed by atoms with van der Waals surface area (Å²) in [7, 11) is 0. The van der Waals surface area contributed by atoms with Crippen LogP contribution >= 0.6 is 0 Å². The predicted molar refractivity (Wildman–Crippen MR) is 66.1 cm³/mol. The lowest BCUT2D eigenvalue weighted by Crippen LogP contribution is -2.39. The van der Waals surface area contributed by atoms with E-state index in [0.29, 0.717) is 0 Å². The van der Waals surface area contributed by atoms with Crippen molar-refractivity contribution < 1.29 is 22.8 Å². The van der Waals surface area contributed by atoms with Crippen LogP contribution in [0.15, 0.2) is 12.3 Å². The van der Waals surface area contributed by atoms with Gasteiger partial charge in [-0.25, -0.2) is 9.97 Å². The van der Waals surface area contributed by atoms with Crippen LogP contribution in [0.5, 0.6) is 0 Å². The maximum atomic E-state index is 12.5. The molecule has 2 amide bonds. The second-order valence-corrected chi connectivity index (χ2v) is 4.86. The van der Waals surface area contributed by atoms with Crippen LogP contribution in [-0.4, -0.2) is 38.8 Å². The second-order valence-electron chi connectivity index (χ2n) is 4.86. The topological polar surface area (TPSA) is 75.2 Å². The van der Waals surface area contributed by atoms with Gasteiger partial charge in [0.05, 0.1) is 6.42 Å². The molecule has 1 N–H and O–H groups in total. The number of anilines is 1. The van der Waals surface area contributed by atoms with Crippen LogP contribution in [-0.2, 0) is 15.8 Å².